The molecule has 0 spiro atoms. The summed E-state index contributed by atoms with van der Waals surface area (Å²) in [4.78, 5) is 0. The SMILES string of the molecule is CCC1CCC(NC(=S)Nc2ccc3c(c2)OCO3)CC1. The Morgan fingerprint density at radius 2 is 1.95 bits per heavy atom. The number of ether oxygens (including phenoxy) is 2. The highest BCUT2D eigenvalue weighted by Crippen LogP contribution is 2.34. The van der Waals surface area contributed by atoms with Gasteiger partial charge in [0.15, 0.2) is 16.6 Å². The normalized spacial score (nSPS) is 23.7. The van der Waals surface area contributed by atoms with Crippen molar-refractivity contribution in [3.05, 3.63) is 18.2 Å². The van der Waals surface area contributed by atoms with Crippen LogP contribution in [-0.4, -0.2) is 17.9 Å². The number of nitrogens with one attached hydrogen (secondary N) is 2. The van der Waals surface area contributed by atoms with Gasteiger partial charge in [0.05, 0.1) is 0 Å². The molecule has 4 nitrogen and oxygen atoms in total. The lowest BCUT2D eigenvalue weighted by atomic mass is 9.85. The third-order valence-corrected chi connectivity index (χ3v) is 4.61. The summed E-state index contributed by atoms with van der Waals surface area (Å²) in [5.74, 6) is 2.46. The van der Waals surface area contributed by atoms with Gasteiger partial charge in [0, 0.05) is 17.8 Å². The van der Waals surface area contributed by atoms with Crippen LogP contribution in [0.4, 0.5) is 5.69 Å². The number of hydrogen-bond donors (Lipinski definition) is 2. The van der Waals surface area contributed by atoms with Gasteiger partial charge in [-0.15, -0.1) is 0 Å². The third kappa shape index (κ3) is 3.59. The van der Waals surface area contributed by atoms with Gasteiger partial charge in [-0.25, -0.2) is 0 Å². The third-order valence-electron chi connectivity index (χ3n) is 4.39. The number of fused-ring (bicyclic) bond motifs is 1. The molecule has 1 saturated carbocycles. The van der Waals surface area contributed by atoms with Crippen molar-refractivity contribution in [2.24, 2.45) is 5.92 Å². The van der Waals surface area contributed by atoms with Gasteiger partial charge in [0.25, 0.3) is 0 Å². The van der Waals surface area contributed by atoms with E-state index in [0.717, 1.165) is 23.1 Å². The molecule has 0 atom stereocenters. The molecule has 1 fully saturated rings. The number of benzene rings is 1. The van der Waals surface area contributed by atoms with Crippen molar-refractivity contribution in [3.63, 3.8) is 0 Å². The standard InChI is InChI=1S/C16H22N2O2S/c1-2-11-3-5-12(6-4-11)17-16(21)18-13-7-8-14-15(9-13)20-10-19-14/h7-9,11-12H,2-6,10H2,1H3,(H2,17,18,21). The highest BCUT2D eigenvalue weighted by molar-refractivity contribution is 7.80. The lowest BCUT2D eigenvalue weighted by Crippen LogP contribution is -2.39. The molecule has 0 unspecified atom stereocenters. The quantitative estimate of drug-likeness (QED) is 0.834. The van der Waals surface area contributed by atoms with E-state index >= 15 is 0 Å². The lowest BCUT2D eigenvalue weighted by Gasteiger charge is -2.29. The van der Waals surface area contributed by atoms with Crippen molar-refractivity contribution in [3.8, 4) is 11.5 Å². The molecule has 2 aliphatic rings. The smallest absolute Gasteiger partial charge is 0.231 e. The molecule has 3 rings (SSSR count). The van der Waals surface area contributed by atoms with E-state index in [1.54, 1.807) is 0 Å². The first-order chi connectivity index (χ1) is 10.2. The van der Waals surface area contributed by atoms with E-state index in [2.05, 4.69) is 17.6 Å². The fourth-order valence-electron chi connectivity index (χ4n) is 3.04. The van der Waals surface area contributed by atoms with Gasteiger partial charge in [-0.2, -0.15) is 0 Å². The van der Waals surface area contributed by atoms with Crippen molar-refractivity contribution in [2.45, 2.75) is 45.1 Å². The molecule has 5 heteroatoms. The maximum absolute atomic E-state index is 5.41. The highest BCUT2D eigenvalue weighted by atomic mass is 32.1. The van der Waals surface area contributed by atoms with Crippen molar-refractivity contribution >= 4 is 23.0 Å². The van der Waals surface area contributed by atoms with Crippen LogP contribution in [-0.2, 0) is 0 Å². The Balaban J connectivity index is 1.50. The Morgan fingerprint density at radius 3 is 2.71 bits per heavy atom. The van der Waals surface area contributed by atoms with Gasteiger partial charge < -0.3 is 20.1 Å². The Kier molecular flexibility index (Phi) is 4.48. The van der Waals surface area contributed by atoms with Gasteiger partial charge >= 0.3 is 0 Å². The first-order valence-electron chi connectivity index (χ1n) is 7.71. The Hall–Kier alpha value is -1.49. The molecule has 0 bridgehead atoms. The summed E-state index contributed by atoms with van der Waals surface area (Å²) in [6, 6.07) is 6.28. The monoisotopic (exact) mass is 306 g/mol. The van der Waals surface area contributed by atoms with Crippen molar-refractivity contribution in [1.82, 2.24) is 5.32 Å². The van der Waals surface area contributed by atoms with Crippen LogP contribution in [0, 0.1) is 5.92 Å². The van der Waals surface area contributed by atoms with E-state index in [9.17, 15) is 0 Å². The molecule has 0 saturated heterocycles. The predicted octanol–water partition coefficient (Wildman–Crippen LogP) is 3.67. The predicted molar refractivity (Wildman–Crippen MR) is 88.0 cm³/mol. The maximum atomic E-state index is 5.41. The van der Waals surface area contributed by atoms with E-state index in [0.29, 0.717) is 17.9 Å². The lowest BCUT2D eigenvalue weighted by molar-refractivity contribution is 0.174. The second-order valence-corrected chi connectivity index (χ2v) is 6.20. The number of rotatable bonds is 3. The van der Waals surface area contributed by atoms with Crippen LogP contribution in [0.1, 0.15) is 39.0 Å². The summed E-state index contributed by atoms with van der Waals surface area (Å²) >= 11 is 5.41. The van der Waals surface area contributed by atoms with Crippen molar-refractivity contribution in [1.29, 1.82) is 0 Å². The summed E-state index contributed by atoms with van der Waals surface area (Å²) in [5, 5.41) is 7.35. The molecule has 1 aromatic carbocycles. The molecule has 21 heavy (non-hydrogen) atoms. The van der Waals surface area contributed by atoms with Gasteiger partial charge in [-0.3, -0.25) is 0 Å². The van der Waals surface area contributed by atoms with Crippen LogP contribution < -0.4 is 20.1 Å². The van der Waals surface area contributed by atoms with Gasteiger partial charge in [0.2, 0.25) is 6.79 Å². The molecular formula is C16H22N2O2S. The largest absolute Gasteiger partial charge is 0.454 e. The summed E-state index contributed by atoms with van der Waals surface area (Å²) in [6.45, 7) is 2.58. The Morgan fingerprint density at radius 1 is 1.19 bits per heavy atom. The summed E-state index contributed by atoms with van der Waals surface area (Å²) in [5.41, 5.74) is 0.930. The molecule has 114 valence electrons. The number of hydrogen-bond acceptors (Lipinski definition) is 3. The van der Waals surface area contributed by atoms with Gasteiger partial charge in [0.1, 0.15) is 0 Å². The van der Waals surface area contributed by atoms with E-state index in [1.807, 2.05) is 18.2 Å². The van der Waals surface area contributed by atoms with E-state index in [-0.39, 0.29) is 0 Å². The molecule has 1 heterocycles. The molecule has 1 aromatic rings. The van der Waals surface area contributed by atoms with E-state index < -0.39 is 0 Å². The van der Waals surface area contributed by atoms with E-state index in [1.165, 1.54) is 32.1 Å². The van der Waals surface area contributed by atoms with Crippen LogP contribution in [0.5, 0.6) is 11.5 Å². The first kappa shape index (κ1) is 14.4. The Labute approximate surface area is 131 Å². The minimum Gasteiger partial charge on any atom is -0.454 e. The van der Waals surface area contributed by atoms with Crippen LogP contribution in [0.3, 0.4) is 0 Å². The molecule has 1 aliphatic carbocycles. The van der Waals surface area contributed by atoms with Crippen molar-refractivity contribution in [2.75, 3.05) is 12.1 Å². The molecule has 0 radical (unpaired) electrons. The maximum Gasteiger partial charge on any atom is 0.231 e. The highest BCUT2D eigenvalue weighted by Gasteiger charge is 2.20. The van der Waals surface area contributed by atoms with Gasteiger partial charge in [-0.1, -0.05) is 13.3 Å². The van der Waals surface area contributed by atoms with Crippen LogP contribution in [0.15, 0.2) is 18.2 Å². The van der Waals surface area contributed by atoms with Crippen LogP contribution in [0.2, 0.25) is 0 Å². The molecule has 0 amide bonds. The first-order valence-corrected chi connectivity index (χ1v) is 8.12. The Bertz CT molecular complexity index is 513. The number of anilines is 1. The molecule has 0 aromatic heterocycles. The minimum atomic E-state index is 0.294. The number of thiocarbonyl (C=S) groups is 1. The second-order valence-electron chi connectivity index (χ2n) is 5.79. The zero-order chi connectivity index (χ0) is 14.7. The van der Waals surface area contributed by atoms with Crippen LogP contribution in [0.25, 0.3) is 0 Å². The fourth-order valence-corrected chi connectivity index (χ4v) is 3.33. The summed E-state index contributed by atoms with van der Waals surface area (Å²) in [7, 11) is 0. The zero-order valence-electron chi connectivity index (χ0n) is 12.4. The van der Waals surface area contributed by atoms with Crippen LogP contribution >= 0.6 is 12.2 Å². The second kappa shape index (κ2) is 6.52. The summed E-state index contributed by atoms with van der Waals surface area (Å²) in [6.07, 6.45) is 6.33. The molecule has 1 aliphatic heterocycles. The summed E-state index contributed by atoms with van der Waals surface area (Å²) < 4.78 is 10.7. The van der Waals surface area contributed by atoms with E-state index in [4.69, 9.17) is 21.7 Å². The topological polar surface area (TPSA) is 42.5 Å². The average Bonchev–Trinajstić information content (AvgIpc) is 2.95. The fraction of sp³-hybridized carbons (Fsp3) is 0.562. The van der Waals surface area contributed by atoms with Gasteiger partial charge in [-0.05, 0) is 56.0 Å². The minimum absolute atomic E-state index is 0.294. The zero-order valence-corrected chi connectivity index (χ0v) is 13.2. The van der Waals surface area contributed by atoms with Crippen molar-refractivity contribution < 1.29 is 9.47 Å². The molecule has 2 N–H and O–H groups in total. The molecular weight excluding hydrogens is 284 g/mol. The average molecular weight is 306 g/mol.